The zero-order chi connectivity index (χ0) is 19.2. The first-order chi connectivity index (χ1) is 12.8. The molecule has 0 radical (unpaired) electrons. The zero-order valence-corrected chi connectivity index (χ0v) is 16.3. The van der Waals surface area contributed by atoms with Gasteiger partial charge < -0.3 is 10.0 Å². The minimum absolute atomic E-state index is 0.0163. The van der Waals surface area contributed by atoms with Crippen molar-refractivity contribution in [1.29, 1.82) is 0 Å². The Balaban J connectivity index is 1.70. The first kappa shape index (κ1) is 18.3. The van der Waals surface area contributed by atoms with Crippen LogP contribution in [-0.4, -0.2) is 48.4 Å². The topological polar surface area (TPSA) is 95.4 Å². The molecule has 2 aliphatic rings. The van der Waals surface area contributed by atoms with Crippen molar-refractivity contribution in [2.75, 3.05) is 17.7 Å². The molecule has 2 heterocycles. The van der Waals surface area contributed by atoms with Crippen LogP contribution in [-0.2, 0) is 29.4 Å². The molecule has 0 unspecified atom stereocenters. The molecule has 144 valence electrons. The summed E-state index contributed by atoms with van der Waals surface area (Å²) in [5.74, 6) is 0.670. The Labute approximate surface area is 159 Å². The Morgan fingerprint density at radius 3 is 2.81 bits per heavy atom. The van der Waals surface area contributed by atoms with Crippen molar-refractivity contribution in [2.24, 2.45) is 0 Å². The lowest BCUT2D eigenvalue weighted by atomic mass is 10.0. The highest BCUT2D eigenvalue weighted by Crippen LogP contribution is 2.34. The molecule has 0 spiro atoms. The number of sulfonamides is 1. The van der Waals surface area contributed by atoms with Crippen molar-refractivity contribution in [2.45, 2.75) is 44.9 Å². The number of fused-ring (bicyclic) bond motifs is 1. The van der Waals surface area contributed by atoms with E-state index in [1.807, 2.05) is 36.1 Å². The average molecular weight is 388 g/mol. The van der Waals surface area contributed by atoms with Crippen LogP contribution in [0.25, 0.3) is 11.3 Å². The highest BCUT2D eigenvalue weighted by atomic mass is 32.2. The number of aryl methyl sites for hydroxylation is 1. The number of nitrogens with zero attached hydrogens (tertiary/aromatic N) is 3. The molecule has 4 rings (SSSR count). The fraction of sp³-hybridized carbons (Fsp3) is 0.474. The predicted octanol–water partition coefficient (Wildman–Crippen LogP) is 1.25. The lowest BCUT2D eigenvalue weighted by Gasteiger charge is -2.43. The fourth-order valence-corrected chi connectivity index (χ4v) is 4.11. The second-order valence-corrected chi connectivity index (χ2v) is 9.24. The van der Waals surface area contributed by atoms with Gasteiger partial charge in [-0.25, -0.2) is 23.1 Å². The van der Waals surface area contributed by atoms with Gasteiger partial charge in [0.1, 0.15) is 0 Å². The maximum atomic E-state index is 11.4. The minimum Gasteiger partial charge on any atom is -0.389 e. The van der Waals surface area contributed by atoms with Gasteiger partial charge in [-0.2, -0.15) is 0 Å². The molecule has 2 aromatic rings. The van der Waals surface area contributed by atoms with Gasteiger partial charge in [0.05, 0.1) is 24.1 Å². The van der Waals surface area contributed by atoms with Crippen LogP contribution in [0.4, 0.5) is 5.95 Å². The van der Waals surface area contributed by atoms with E-state index in [1.165, 1.54) is 5.56 Å². The van der Waals surface area contributed by atoms with E-state index >= 15 is 0 Å². The van der Waals surface area contributed by atoms with Crippen LogP contribution in [0.3, 0.4) is 0 Å². The molecular weight excluding hydrogens is 364 g/mol. The van der Waals surface area contributed by atoms with Crippen molar-refractivity contribution in [3.05, 3.63) is 41.1 Å². The van der Waals surface area contributed by atoms with E-state index in [0.29, 0.717) is 12.5 Å². The molecule has 1 aliphatic heterocycles. The quantitative estimate of drug-likeness (QED) is 0.800. The molecule has 0 amide bonds. The third-order valence-corrected chi connectivity index (χ3v) is 6.02. The lowest BCUT2D eigenvalue weighted by Crippen LogP contribution is -2.59. The predicted molar refractivity (Wildman–Crippen MR) is 104 cm³/mol. The molecule has 1 aliphatic carbocycles. The smallest absolute Gasteiger partial charge is 0.226 e. The summed E-state index contributed by atoms with van der Waals surface area (Å²) >= 11 is 0. The number of aromatic nitrogens is 2. The Kier molecular flexibility index (Phi) is 4.65. The molecule has 2 N–H and O–H groups in total. The maximum Gasteiger partial charge on any atom is 0.226 e. The van der Waals surface area contributed by atoms with E-state index in [4.69, 9.17) is 9.97 Å². The van der Waals surface area contributed by atoms with Gasteiger partial charge in [-0.1, -0.05) is 18.2 Å². The number of nitrogens with one attached hydrogen (secondary N) is 1. The molecule has 27 heavy (non-hydrogen) atoms. The molecule has 7 nitrogen and oxygen atoms in total. The van der Waals surface area contributed by atoms with Gasteiger partial charge in [-0.15, -0.1) is 0 Å². The molecule has 0 saturated carbocycles. The number of aliphatic hydroxyl groups excluding tert-OH is 1. The molecule has 1 saturated heterocycles. The number of aliphatic hydroxyl groups is 1. The van der Waals surface area contributed by atoms with Gasteiger partial charge in [-0.3, -0.25) is 0 Å². The van der Waals surface area contributed by atoms with E-state index in [0.717, 1.165) is 48.0 Å². The number of rotatable bonds is 5. The number of benzene rings is 1. The monoisotopic (exact) mass is 388 g/mol. The number of anilines is 1. The Morgan fingerprint density at radius 1 is 1.30 bits per heavy atom. The summed E-state index contributed by atoms with van der Waals surface area (Å²) < 4.78 is 25.3. The summed E-state index contributed by atoms with van der Waals surface area (Å²) in [5, 5.41) is 9.84. The second kappa shape index (κ2) is 6.85. The van der Waals surface area contributed by atoms with Crippen molar-refractivity contribution >= 4 is 16.0 Å². The third-order valence-electron chi connectivity index (χ3n) is 5.35. The maximum absolute atomic E-state index is 11.4. The second-order valence-electron chi connectivity index (χ2n) is 7.40. The van der Waals surface area contributed by atoms with E-state index in [9.17, 15) is 13.5 Å². The molecule has 1 fully saturated rings. The highest BCUT2D eigenvalue weighted by molar-refractivity contribution is 7.88. The van der Waals surface area contributed by atoms with E-state index in [-0.39, 0.29) is 18.7 Å². The highest BCUT2D eigenvalue weighted by Gasteiger charge is 2.36. The molecule has 2 atom stereocenters. The SMILES string of the molecule is C[C@H]1[C@H](O)CN1c1nc2c(c(-c3cccc(CNS(C)(=O)=O)c3)n1)CCC2. The number of hydrogen-bond donors (Lipinski definition) is 2. The largest absolute Gasteiger partial charge is 0.389 e. The minimum atomic E-state index is -3.24. The number of hydrogen-bond acceptors (Lipinski definition) is 6. The molecule has 0 bridgehead atoms. The summed E-state index contributed by atoms with van der Waals surface area (Å²) in [6, 6.07) is 7.83. The normalized spacial score (nSPS) is 21.8. The van der Waals surface area contributed by atoms with Crippen LogP contribution in [0.1, 0.15) is 30.2 Å². The van der Waals surface area contributed by atoms with Crippen molar-refractivity contribution in [3.63, 3.8) is 0 Å². The van der Waals surface area contributed by atoms with Crippen LogP contribution in [0.15, 0.2) is 24.3 Å². The first-order valence-electron chi connectivity index (χ1n) is 9.20. The Bertz CT molecular complexity index is 977. The average Bonchev–Trinajstić information content (AvgIpc) is 3.11. The van der Waals surface area contributed by atoms with Gasteiger partial charge >= 0.3 is 0 Å². The van der Waals surface area contributed by atoms with Gasteiger partial charge in [0.2, 0.25) is 16.0 Å². The standard InChI is InChI=1S/C19H24N4O3S/c1-12-17(24)11-23(12)19-21-16-8-4-7-15(16)18(22-19)14-6-3-5-13(9-14)10-20-27(2,25)26/h3,5-6,9,12,17,20,24H,4,7-8,10-11H2,1-2H3/t12-,17+/m0/s1. The summed E-state index contributed by atoms with van der Waals surface area (Å²) in [6.45, 7) is 2.78. The van der Waals surface area contributed by atoms with Crippen LogP contribution in [0.5, 0.6) is 0 Å². The van der Waals surface area contributed by atoms with Gasteiger partial charge in [0.25, 0.3) is 0 Å². The molecule has 8 heteroatoms. The number of β-amino-alcohol motifs (C(OH)–C–C–N with tert-alkyl or cyclic N) is 1. The van der Waals surface area contributed by atoms with Gasteiger partial charge in [-0.05, 0) is 37.8 Å². The van der Waals surface area contributed by atoms with E-state index in [1.54, 1.807) is 0 Å². The fourth-order valence-electron chi connectivity index (χ4n) is 3.68. The van der Waals surface area contributed by atoms with Crippen molar-refractivity contribution < 1.29 is 13.5 Å². The third kappa shape index (κ3) is 3.69. The first-order valence-corrected chi connectivity index (χ1v) is 11.1. The Morgan fingerprint density at radius 2 is 2.11 bits per heavy atom. The summed E-state index contributed by atoms with van der Waals surface area (Å²) in [4.78, 5) is 11.6. The van der Waals surface area contributed by atoms with Crippen LogP contribution in [0, 0.1) is 0 Å². The van der Waals surface area contributed by atoms with Crippen molar-refractivity contribution in [3.8, 4) is 11.3 Å². The van der Waals surface area contributed by atoms with E-state index in [2.05, 4.69) is 4.72 Å². The van der Waals surface area contributed by atoms with Crippen LogP contribution < -0.4 is 9.62 Å². The molecule has 1 aromatic carbocycles. The summed E-state index contributed by atoms with van der Waals surface area (Å²) in [7, 11) is -3.24. The lowest BCUT2D eigenvalue weighted by molar-refractivity contribution is 0.0979. The van der Waals surface area contributed by atoms with Crippen LogP contribution in [0.2, 0.25) is 0 Å². The van der Waals surface area contributed by atoms with Gasteiger partial charge in [0.15, 0.2) is 0 Å². The molecule has 1 aromatic heterocycles. The summed E-state index contributed by atoms with van der Waals surface area (Å²) in [5.41, 5.74) is 5.04. The zero-order valence-electron chi connectivity index (χ0n) is 15.5. The van der Waals surface area contributed by atoms with Crippen LogP contribution >= 0.6 is 0 Å². The molecular formula is C19H24N4O3S. The van der Waals surface area contributed by atoms with Crippen molar-refractivity contribution in [1.82, 2.24) is 14.7 Å². The Hall–Kier alpha value is -2.03. The van der Waals surface area contributed by atoms with Gasteiger partial charge in [0, 0.05) is 29.9 Å². The van der Waals surface area contributed by atoms with E-state index < -0.39 is 10.0 Å². The summed E-state index contributed by atoms with van der Waals surface area (Å²) in [6.07, 6.45) is 3.78.